The van der Waals surface area contributed by atoms with E-state index < -0.39 is 36.5 Å². The number of hydrogen-bond acceptors (Lipinski definition) is 4. The minimum absolute atomic E-state index is 0.0580. The van der Waals surface area contributed by atoms with Gasteiger partial charge in [-0.1, -0.05) is 72.3 Å². The Balaban J connectivity index is 1.40. The highest BCUT2D eigenvalue weighted by Crippen LogP contribution is 2.44. The van der Waals surface area contributed by atoms with Crippen molar-refractivity contribution in [3.8, 4) is 11.1 Å². The minimum Gasteiger partial charge on any atom is -0.481 e. The van der Waals surface area contributed by atoms with Gasteiger partial charge >= 0.3 is 12.1 Å². The molecular weight excluding hydrogens is 468 g/mol. The van der Waals surface area contributed by atoms with Crippen molar-refractivity contribution in [3.63, 3.8) is 0 Å². The summed E-state index contributed by atoms with van der Waals surface area (Å²) in [5.74, 6) is -1.99. The summed E-state index contributed by atoms with van der Waals surface area (Å²) in [4.78, 5) is 36.7. The van der Waals surface area contributed by atoms with Gasteiger partial charge in [0.05, 0.1) is 12.5 Å². The maximum absolute atomic E-state index is 12.8. The van der Waals surface area contributed by atoms with Crippen molar-refractivity contribution in [2.45, 2.75) is 31.3 Å². The number of carbonyl (C=O) groups is 3. The Labute approximate surface area is 208 Å². The van der Waals surface area contributed by atoms with Crippen LogP contribution in [0.1, 0.15) is 42.0 Å². The van der Waals surface area contributed by atoms with E-state index in [9.17, 15) is 19.5 Å². The van der Waals surface area contributed by atoms with Crippen molar-refractivity contribution in [1.29, 1.82) is 0 Å². The largest absolute Gasteiger partial charge is 0.481 e. The lowest BCUT2D eigenvalue weighted by Gasteiger charge is -2.21. The van der Waals surface area contributed by atoms with Crippen LogP contribution in [0.25, 0.3) is 11.1 Å². The third-order valence-corrected chi connectivity index (χ3v) is 6.31. The number of rotatable bonds is 8. The van der Waals surface area contributed by atoms with Gasteiger partial charge in [-0.2, -0.15) is 0 Å². The predicted molar refractivity (Wildman–Crippen MR) is 132 cm³/mol. The predicted octanol–water partition coefficient (Wildman–Crippen LogP) is 4.90. The van der Waals surface area contributed by atoms with Crippen LogP contribution < -0.4 is 10.6 Å². The number of carboxylic acids is 1. The topological polar surface area (TPSA) is 105 Å². The molecule has 3 N–H and O–H groups in total. The summed E-state index contributed by atoms with van der Waals surface area (Å²) in [6.45, 7) is 1.81. The van der Waals surface area contributed by atoms with Crippen LogP contribution in [0, 0.1) is 0 Å². The Kier molecular flexibility index (Phi) is 7.36. The van der Waals surface area contributed by atoms with E-state index in [0.717, 1.165) is 27.8 Å². The van der Waals surface area contributed by atoms with E-state index in [2.05, 4.69) is 10.6 Å². The molecule has 0 aromatic heterocycles. The van der Waals surface area contributed by atoms with Gasteiger partial charge in [0.25, 0.3) is 0 Å². The number of nitrogens with one attached hydrogen (secondary N) is 2. The average Bonchev–Trinajstić information content (AvgIpc) is 3.16. The summed E-state index contributed by atoms with van der Waals surface area (Å²) in [5, 5.41) is 15.0. The molecule has 2 unspecified atom stereocenters. The number of carbonyl (C=O) groups excluding carboxylic acids is 2. The molecule has 2 amide bonds. The van der Waals surface area contributed by atoms with Crippen LogP contribution in [0.3, 0.4) is 0 Å². The molecule has 0 spiro atoms. The van der Waals surface area contributed by atoms with Crippen LogP contribution in [0.4, 0.5) is 4.79 Å². The van der Waals surface area contributed by atoms with E-state index in [-0.39, 0.29) is 12.5 Å². The maximum atomic E-state index is 12.8. The molecule has 3 aromatic rings. The molecule has 1 aliphatic rings. The monoisotopic (exact) mass is 492 g/mol. The van der Waals surface area contributed by atoms with Gasteiger partial charge in [0.1, 0.15) is 12.6 Å². The Morgan fingerprint density at radius 2 is 1.49 bits per heavy atom. The van der Waals surface area contributed by atoms with E-state index in [0.29, 0.717) is 5.02 Å². The zero-order valence-corrected chi connectivity index (χ0v) is 19.8. The number of alkyl carbamates (subject to hydrolysis) is 1. The number of hydrogen-bond donors (Lipinski definition) is 3. The smallest absolute Gasteiger partial charge is 0.407 e. The van der Waals surface area contributed by atoms with Gasteiger partial charge in [-0.3, -0.25) is 9.59 Å². The third kappa shape index (κ3) is 5.63. The lowest BCUT2D eigenvalue weighted by molar-refractivity contribution is -0.140. The van der Waals surface area contributed by atoms with Crippen LogP contribution in [0.15, 0.2) is 72.8 Å². The van der Waals surface area contributed by atoms with E-state index in [1.807, 2.05) is 48.5 Å². The molecule has 35 heavy (non-hydrogen) atoms. The Hall–Kier alpha value is -3.84. The van der Waals surface area contributed by atoms with Crippen molar-refractivity contribution in [2.24, 2.45) is 0 Å². The maximum Gasteiger partial charge on any atom is 0.407 e. The molecule has 0 aliphatic heterocycles. The lowest BCUT2D eigenvalue weighted by Crippen LogP contribution is -2.48. The first-order valence-corrected chi connectivity index (χ1v) is 11.6. The first-order valence-electron chi connectivity index (χ1n) is 11.2. The Morgan fingerprint density at radius 3 is 2.06 bits per heavy atom. The standard InChI is InChI=1S/C27H25ClN2O5/c1-16(17-10-12-18(28)13-11-17)29-26(33)24(14-25(31)32)30-27(34)35-15-23-21-8-4-2-6-19(21)20-7-3-5-9-22(20)23/h2-13,16,23-24H,14-15H2,1H3,(H,29,33)(H,30,34)(H,31,32). The fourth-order valence-electron chi connectivity index (χ4n) is 4.32. The van der Waals surface area contributed by atoms with Gasteiger partial charge in [0.15, 0.2) is 0 Å². The van der Waals surface area contributed by atoms with E-state index in [4.69, 9.17) is 16.3 Å². The molecular formula is C27H25ClN2O5. The van der Waals surface area contributed by atoms with Crippen LogP contribution in [-0.2, 0) is 14.3 Å². The molecule has 0 saturated heterocycles. The molecule has 2 atom stereocenters. The number of carboxylic acid groups (broad SMARTS) is 1. The summed E-state index contributed by atoms with van der Waals surface area (Å²) in [5.41, 5.74) is 5.09. The molecule has 8 heteroatoms. The van der Waals surface area contributed by atoms with Gasteiger partial charge in [0.2, 0.25) is 5.91 Å². The second-order valence-corrected chi connectivity index (χ2v) is 8.84. The lowest BCUT2D eigenvalue weighted by atomic mass is 9.98. The van der Waals surface area contributed by atoms with Crippen LogP contribution >= 0.6 is 11.6 Å². The molecule has 0 radical (unpaired) electrons. The first-order chi connectivity index (χ1) is 16.8. The van der Waals surface area contributed by atoms with E-state index in [1.54, 1.807) is 31.2 Å². The highest BCUT2D eigenvalue weighted by molar-refractivity contribution is 6.30. The van der Waals surface area contributed by atoms with E-state index in [1.165, 1.54) is 0 Å². The zero-order chi connectivity index (χ0) is 24.9. The molecule has 0 fully saturated rings. The van der Waals surface area contributed by atoms with E-state index >= 15 is 0 Å². The SMILES string of the molecule is CC(NC(=O)C(CC(=O)O)NC(=O)OCC1c2ccccc2-c2ccccc21)c1ccc(Cl)cc1. The fraction of sp³-hybridized carbons (Fsp3) is 0.222. The van der Waals surface area contributed by atoms with Crippen molar-refractivity contribution in [3.05, 3.63) is 94.5 Å². The molecule has 0 saturated carbocycles. The Bertz CT molecular complexity index is 1200. The Morgan fingerprint density at radius 1 is 0.914 bits per heavy atom. The zero-order valence-electron chi connectivity index (χ0n) is 19.0. The van der Waals surface area contributed by atoms with Gasteiger partial charge in [-0.15, -0.1) is 0 Å². The van der Waals surface area contributed by atoms with Gasteiger partial charge in [-0.25, -0.2) is 4.79 Å². The summed E-state index contributed by atoms with van der Waals surface area (Å²) in [6, 6.07) is 21.1. The van der Waals surface area contributed by atoms with Crippen molar-refractivity contribution >= 4 is 29.6 Å². The van der Waals surface area contributed by atoms with Gasteiger partial charge < -0.3 is 20.5 Å². The van der Waals surface area contributed by atoms with Gasteiger partial charge in [0, 0.05) is 10.9 Å². The first kappa shape index (κ1) is 24.3. The molecule has 1 aliphatic carbocycles. The molecule has 180 valence electrons. The number of ether oxygens (including phenoxy) is 1. The second kappa shape index (κ2) is 10.6. The summed E-state index contributed by atoms with van der Waals surface area (Å²) in [7, 11) is 0. The van der Waals surface area contributed by atoms with Crippen molar-refractivity contribution in [1.82, 2.24) is 10.6 Å². The fourth-order valence-corrected chi connectivity index (χ4v) is 4.44. The van der Waals surface area contributed by atoms with Crippen molar-refractivity contribution in [2.75, 3.05) is 6.61 Å². The second-order valence-electron chi connectivity index (χ2n) is 8.40. The quantitative estimate of drug-likeness (QED) is 0.415. The van der Waals surface area contributed by atoms with Crippen LogP contribution in [0.2, 0.25) is 5.02 Å². The molecule has 0 bridgehead atoms. The van der Waals surface area contributed by atoms with Crippen LogP contribution in [0.5, 0.6) is 0 Å². The average molecular weight is 493 g/mol. The molecule has 3 aromatic carbocycles. The van der Waals surface area contributed by atoms with Gasteiger partial charge in [-0.05, 0) is 46.9 Å². The molecule has 4 rings (SSSR count). The summed E-state index contributed by atoms with van der Waals surface area (Å²) in [6.07, 6.45) is -1.43. The number of aliphatic carboxylic acids is 1. The minimum atomic E-state index is -1.29. The number of fused-ring (bicyclic) bond motifs is 3. The third-order valence-electron chi connectivity index (χ3n) is 6.06. The summed E-state index contributed by atoms with van der Waals surface area (Å²) < 4.78 is 5.47. The van der Waals surface area contributed by atoms with Crippen molar-refractivity contribution < 1.29 is 24.2 Å². The number of benzene rings is 3. The highest BCUT2D eigenvalue weighted by Gasteiger charge is 2.30. The molecule has 0 heterocycles. The molecule has 7 nitrogen and oxygen atoms in total. The normalized spacial score (nSPS) is 13.8. The summed E-state index contributed by atoms with van der Waals surface area (Å²) >= 11 is 5.91. The highest BCUT2D eigenvalue weighted by atomic mass is 35.5. The number of amides is 2. The number of halogens is 1. The van der Waals surface area contributed by atoms with Crippen LogP contribution in [-0.4, -0.2) is 35.7 Å².